The first-order valence-corrected chi connectivity index (χ1v) is 5.93. The highest BCUT2D eigenvalue weighted by Crippen LogP contribution is 2.31. The van der Waals surface area contributed by atoms with E-state index >= 15 is 0 Å². The van der Waals surface area contributed by atoms with Crippen LogP contribution in [0.3, 0.4) is 0 Å². The summed E-state index contributed by atoms with van der Waals surface area (Å²) in [6.45, 7) is 7.82. The molecule has 0 saturated heterocycles. The second-order valence-corrected chi connectivity index (χ2v) is 4.89. The molecule has 14 heavy (non-hydrogen) atoms. The molecule has 4 unspecified atom stereocenters. The van der Waals surface area contributed by atoms with Crippen LogP contribution < -0.4 is 5.32 Å². The molecule has 0 aromatic heterocycles. The minimum Gasteiger partial charge on any atom is -0.374 e. The van der Waals surface area contributed by atoms with Crippen LogP contribution in [0.15, 0.2) is 0 Å². The van der Waals surface area contributed by atoms with Crippen molar-refractivity contribution in [3.05, 3.63) is 0 Å². The normalized spacial score (nSPS) is 35.6. The molecule has 1 fully saturated rings. The van der Waals surface area contributed by atoms with Gasteiger partial charge in [-0.25, -0.2) is 0 Å². The van der Waals surface area contributed by atoms with E-state index in [9.17, 15) is 0 Å². The van der Waals surface area contributed by atoms with Crippen molar-refractivity contribution in [1.82, 2.24) is 5.32 Å². The Balaban J connectivity index is 2.25. The van der Waals surface area contributed by atoms with Gasteiger partial charge in [-0.2, -0.15) is 0 Å². The minimum absolute atomic E-state index is 0.352. The molecule has 0 aromatic carbocycles. The molecule has 1 aliphatic carbocycles. The molecule has 2 heteroatoms. The lowest BCUT2D eigenvalue weighted by atomic mass is 9.80. The smallest absolute Gasteiger partial charge is 0.0675 e. The van der Waals surface area contributed by atoms with Crippen molar-refractivity contribution in [3.63, 3.8) is 0 Å². The molecular weight excluding hydrogens is 174 g/mol. The first-order chi connectivity index (χ1) is 6.63. The van der Waals surface area contributed by atoms with Gasteiger partial charge in [0.2, 0.25) is 0 Å². The van der Waals surface area contributed by atoms with E-state index in [-0.39, 0.29) is 0 Å². The van der Waals surface area contributed by atoms with E-state index in [1.807, 2.05) is 7.05 Å². The Bertz CT molecular complexity index is 160. The van der Waals surface area contributed by atoms with Crippen molar-refractivity contribution in [2.75, 3.05) is 13.6 Å². The maximum atomic E-state index is 5.99. The van der Waals surface area contributed by atoms with Gasteiger partial charge in [-0.3, -0.25) is 0 Å². The standard InChI is InChI=1S/C12H25NO/c1-9-5-6-12(7-10(9)2)14-11(3)8-13-4/h9-13H,5-8H2,1-4H3. The average Bonchev–Trinajstić information content (AvgIpc) is 2.12. The summed E-state index contributed by atoms with van der Waals surface area (Å²) in [7, 11) is 1.98. The highest BCUT2D eigenvalue weighted by Gasteiger charge is 2.25. The fourth-order valence-electron chi connectivity index (χ4n) is 2.29. The van der Waals surface area contributed by atoms with Gasteiger partial charge in [-0.1, -0.05) is 13.8 Å². The number of rotatable bonds is 4. The maximum Gasteiger partial charge on any atom is 0.0675 e. The van der Waals surface area contributed by atoms with E-state index in [2.05, 4.69) is 26.1 Å². The predicted molar refractivity (Wildman–Crippen MR) is 60.4 cm³/mol. The predicted octanol–water partition coefficient (Wildman–Crippen LogP) is 2.44. The molecule has 1 saturated carbocycles. The molecule has 0 amide bonds. The zero-order valence-corrected chi connectivity index (χ0v) is 10.0. The zero-order valence-electron chi connectivity index (χ0n) is 10.0. The van der Waals surface area contributed by atoms with Gasteiger partial charge in [0.05, 0.1) is 12.2 Å². The van der Waals surface area contributed by atoms with Crippen LogP contribution in [-0.2, 0) is 4.74 Å². The number of hydrogen-bond donors (Lipinski definition) is 1. The van der Waals surface area contributed by atoms with Crippen LogP contribution in [0.5, 0.6) is 0 Å². The fourth-order valence-corrected chi connectivity index (χ4v) is 2.29. The quantitative estimate of drug-likeness (QED) is 0.751. The summed E-state index contributed by atoms with van der Waals surface area (Å²) in [5, 5.41) is 3.15. The second kappa shape index (κ2) is 5.72. The first-order valence-electron chi connectivity index (χ1n) is 5.93. The lowest BCUT2D eigenvalue weighted by Crippen LogP contribution is -2.33. The van der Waals surface area contributed by atoms with Gasteiger partial charge >= 0.3 is 0 Å². The molecule has 0 aliphatic heterocycles. The third kappa shape index (κ3) is 3.58. The van der Waals surface area contributed by atoms with Crippen molar-refractivity contribution >= 4 is 0 Å². The maximum absolute atomic E-state index is 5.99. The van der Waals surface area contributed by atoms with E-state index in [0.29, 0.717) is 12.2 Å². The summed E-state index contributed by atoms with van der Waals surface area (Å²) in [5.74, 6) is 1.71. The Morgan fingerprint density at radius 3 is 2.57 bits per heavy atom. The van der Waals surface area contributed by atoms with Gasteiger partial charge in [-0.15, -0.1) is 0 Å². The third-order valence-electron chi connectivity index (χ3n) is 3.47. The highest BCUT2D eigenvalue weighted by atomic mass is 16.5. The summed E-state index contributed by atoms with van der Waals surface area (Å²) < 4.78 is 5.99. The average molecular weight is 199 g/mol. The lowest BCUT2D eigenvalue weighted by molar-refractivity contribution is -0.0377. The molecule has 4 atom stereocenters. The monoisotopic (exact) mass is 199 g/mol. The largest absolute Gasteiger partial charge is 0.374 e. The van der Waals surface area contributed by atoms with Crippen LogP contribution in [-0.4, -0.2) is 25.8 Å². The molecule has 1 N–H and O–H groups in total. The highest BCUT2D eigenvalue weighted by molar-refractivity contribution is 4.76. The van der Waals surface area contributed by atoms with Gasteiger partial charge in [0.15, 0.2) is 0 Å². The summed E-state index contributed by atoms with van der Waals surface area (Å²) in [6, 6.07) is 0. The molecule has 2 nitrogen and oxygen atoms in total. The molecule has 0 heterocycles. The number of likely N-dealkylation sites (N-methyl/N-ethyl adjacent to an activating group) is 1. The molecule has 1 aliphatic rings. The van der Waals surface area contributed by atoms with Crippen molar-refractivity contribution in [2.45, 2.75) is 52.2 Å². The Hall–Kier alpha value is -0.0800. The molecule has 0 bridgehead atoms. The summed E-state index contributed by atoms with van der Waals surface area (Å²) >= 11 is 0. The minimum atomic E-state index is 0.352. The summed E-state index contributed by atoms with van der Waals surface area (Å²) in [6.07, 6.45) is 4.68. The van der Waals surface area contributed by atoms with E-state index < -0.39 is 0 Å². The van der Waals surface area contributed by atoms with Crippen LogP contribution in [0, 0.1) is 11.8 Å². The fraction of sp³-hybridized carbons (Fsp3) is 1.00. The van der Waals surface area contributed by atoms with Crippen LogP contribution >= 0.6 is 0 Å². The topological polar surface area (TPSA) is 21.3 Å². The molecule has 0 aromatic rings. The Kier molecular flexibility index (Phi) is 4.90. The van der Waals surface area contributed by atoms with E-state index in [1.165, 1.54) is 19.3 Å². The van der Waals surface area contributed by atoms with E-state index in [1.54, 1.807) is 0 Å². The van der Waals surface area contributed by atoms with Crippen LogP contribution in [0.4, 0.5) is 0 Å². The van der Waals surface area contributed by atoms with Crippen molar-refractivity contribution in [3.8, 4) is 0 Å². The first kappa shape index (κ1) is 12.0. The van der Waals surface area contributed by atoms with Crippen molar-refractivity contribution in [2.24, 2.45) is 11.8 Å². The van der Waals surface area contributed by atoms with Crippen LogP contribution in [0.2, 0.25) is 0 Å². The molecular formula is C12H25NO. The van der Waals surface area contributed by atoms with Gasteiger partial charge in [0.1, 0.15) is 0 Å². The van der Waals surface area contributed by atoms with E-state index in [4.69, 9.17) is 4.74 Å². The van der Waals surface area contributed by atoms with Crippen LogP contribution in [0.1, 0.15) is 40.0 Å². The number of ether oxygens (including phenoxy) is 1. The van der Waals surface area contributed by atoms with Gasteiger partial charge in [0.25, 0.3) is 0 Å². The van der Waals surface area contributed by atoms with Gasteiger partial charge in [-0.05, 0) is 45.1 Å². The summed E-state index contributed by atoms with van der Waals surface area (Å²) in [4.78, 5) is 0. The third-order valence-corrected chi connectivity index (χ3v) is 3.47. The lowest BCUT2D eigenvalue weighted by Gasteiger charge is -2.33. The molecule has 1 rings (SSSR count). The Morgan fingerprint density at radius 2 is 2.00 bits per heavy atom. The Morgan fingerprint density at radius 1 is 1.29 bits per heavy atom. The zero-order chi connectivity index (χ0) is 10.6. The number of hydrogen-bond acceptors (Lipinski definition) is 2. The van der Waals surface area contributed by atoms with E-state index in [0.717, 1.165) is 18.4 Å². The Labute approximate surface area is 88.4 Å². The van der Waals surface area contributed by atoms with Crippen molar-refractivity contribution < 1.29 is 4.74 Å². The summed E-state index contributed by atoms with van der Waals surface area (Å²) in [5.41, 5.74) is 0. The number of nitrogens with one attached hydrogen (secondary N) is 1. The van der Waals surface area contributed by atoms with Gasteiger partial charge < -0.3 is 10.1 Å². The molecule has 84 valence electrons. The molecule has 0 radical (unpaired) electrons. The SMILES string of the molecule is CNCC(C)OC1CCC(C)C(C)C1. The van der Waals surface area contributed by atoms with Crippen molar-refractivity contribution in [1.29, 1.82) is 0 Å². The van der Waals surface area contributed by atoms with Crippen LogP contribution in [0.25, 0.3) is 0 Å². The molecule has 0 spiro atoms. The second-order valence-electron chi connectivity index (χ2n) is 4.89. The van der Waals surface area contributed by atoms with Gasteiger partial charge in [0, 0.05) is 6.54 Å².